The van der Waals surface area contributed by atoms with Gasteiger partial charge in [-0.15, -0.1) is 0 Å². The average molecular weight is 659 g/mol. The minimum Gasteiger partial charge on any atom is -0.459 e. The summed E-state index contributed by atoms with van der Waals surface area (Å²) in [6, 6.07) is 6.07. The zero-order chi connectivity index (χ0) is 35.2. The van der Waals surface area contributed by atoms with Crippen LogP contribution in [0, 0.1) is 0 Å². The zero-order valence-corrected chi connectivity index (χ0v) is 29.7. The number of esters is 3. The summed E-state index contributed by atoms with van der Waals surface area (Å²) in [6.45, 7) is 19.5. The molecule has 0 aromatic heterocycles. The Hall–Kier alpha value is -3.35. The van der Waals surface area contributed by atoms with E-state index in [-0.39, 0.29) is 43.4 Å². The lowest BCUT2D eigenvalue weighted by molar-refractivity contribution is -0.163. The second kappa shape index (κ2) is 15.7. The van der Waals surface area contributed by atoms with E-state index < -0.39 is 28.8 Å². The average Bonchev–Trinajstić information content (AvgIpc) is 3.20. The zero-order valence-electron chi connectivity index (χ0n) is 29.7. The van der Waals surface area contributed by atoms with Crippen LogP contribution >= 0.6 is 0 Å². The molecule has 262 valence electrons. The minimum atomic E-state index is -0.733. The maximum absolute atomic E-state index is 13.7. The highest BCUT2D eigenvalue weighted by Crippen LogP contribution is 2.24. The van der Waals surface area contributed by atoms with Crippen LogP contribution in [0.15, 0.2) is 24.3 Å². The van der Waals surface area contributed by atoms with Crippen LogP contribution < -0.4 is 0 Å². The molecule has 2 heterocycles. The summed E-state index contributed by atoms with van der Waals surface area (Å²) in [4.78, 5) is 72.5. The SMILES string of the molecule is CC(C)(C)OC(=O)CN1CCN(CC(=O)OC(C)(C)C)CCN(C(CCCN2C(=O)c3ccccc3C2=O)C(=O)OC(C)(C)C)CC1. The number of amides is 2. The fourth-order valence-corrected chi connectivity index (χ4v) is 5.60. The van der Waals surface area contributed by atoms with Crippen LogP contribution in [0.3, 0.4) is 0 Å². The second-order valence-corrected chi connectivity index (χ2v) is 15.3. The molecule has 1 fully saturated rings. The highest BCUT2D eigenvalue weighted by atomic mass is 16.6. The van der Waals surface area contributed by atoms with Crippen LogP contribution in [-0.2, 0) is 28.6 Å². The standard InChI is InChI=1S/C35H54N4O8/c1-33(2,3)45-28(40)23-36-17-18-37(24-29(41)46-34(4,5)6)20-22-38(21-19-36)27(32(44)47-35(7,8)9)15-12-16-39-30(42)25-13-10-11-14-26(25)31(39)43/h10-11,13-14,27H,12,15-24H2,1-9H3. The molecule has 0 N–H and O–H groups in total. The van der Waals surface area contributed by atoms with Gasteiger partial charge in [-0.05, 0) is 87.3 Å². The van der Waals surface area contributed by atoms with Gasteiger partial charge in [-0.1, -0.05) is 12.1 Å². The van der Waals surface area contributed by atoms with Crippen molar-refractivity contribution in [3.63, 3.8) is 0 Å². The molecule has 0 saturated carbocycles. The van der Waals surface area contributed by atoms with Crippen LogP contribution in [0.5, 0.6) is 0 Å². The molecule has 12 heteroatoms. The smallest absolute Gasteiger partial charge is 0.323 e. The highest BCUT2D eigenvalue weighted by molar-refractivity contribution is 6.21. The van der Waals surface area contributed by atoms with E-state index in [0.29, 0.717) is 63.2 Å². The van der Waals surface area contributed by atoms with Gasteiger partial charge in [0.05, 0.1) is 24.2 Å². The van der Waals surface area contributed by atoms with Gasteiger partial charge < -0.3 is 14.2 Å². The van der Waals surface area contributed by atoms with Crippen molar-refractivity contribution in [2.45, 2.75) is 98.0 Å². The van der Waals surface area contributed by atoms with Crippen molar-refractivity contribution in [2.24, 2.45) is 0 Å². The van der Waals surface area contributed by atoms with Gasteiger partial charge in [-0.2, -0.15) is 0 Å². The first-order chi connectivity index (χ1) is 21.7. The largest absolute Gasteiger partial charge is 0.459 e. The van der Waals surface area contributed by atoms with E-state index in [1.54, 1.807) is 24.3 Å². The molecule has 0 spiro atoms. The molecule has 47 heavy (non-hydrogen) atoms. The van der Waals surface area contributed by atoms with E-state index in [4.69, 9.17) is 14.2 Å². The number of ether oxygens (including phenoxy) is 3. The predicted octanol–water partition coefficient (Wildman–Crippen LogP) is 3.38. The number of nitrogens with zero attached hydrogens (tertiary/aromatic N) is 4. The van der Waals surface area contributed by atoms with Gasteiger partial charge in [0.2, 0.25) is 0 Å². The maximum Gasteiger partial charge on any atom is 0.323 e. The molecule has 2 aliphatic rings. The lowest BCUT2D eigenvalue weighted by Gasteiger charge is -2.34. The van der Waals surface area contributed by atoms with Gasteiger partial charge >= 0.3 is 17.9 Å². The third-order valence-electron chi connectivity index (χ3n) is 7.54. The lowest BCUT2D eigenvalue weighted by atomic mass is 10.1. The summed E-state index contributed by atoms with van der Waals surface area (Å²) in [5.74, 6) is -1.79. The Morgan fingerprint density at radius 1 is 0.660 bits per heavy atom. The van der Waals surface area contributed by atoms with Gasteiger partial charge in [0.25, 0.3) is 11.8 Å². The molecule has 0 bridgehead atoms. The number of hydrogen-bond donors (Lipinski definition) is 0. The van der Waals surface area contributed by atoms with Crippen LogP contribution in [0.4, 0.5) is 0 Å². The molecule has 1 aromatic rings. The first-order valence-electron chi connectivity index (χ1n) is 16.5. The normalized spacial score (nSPS) is 18.2. The van der Waals surface area contributed by atoms with Crippen molar-refractivity contribution in [3.05, 3.63) is 35.4 Å². The van der Waals surface area contributed by atoms with E-state index in [1.165, 1.54) is 4.90 Å². The van der Waals surface area contributed by atoms with Crippen molar-refractivity contribution < 1.29 is 38.2 Å². The lowest BCUT2D eigenvalue weighted by Crippen LogP contribution is -2.49. The molecule has 1 aromatic carbocycles. The Labute approximate surface area is 279 Å². The summed E-state index contributed by atoms with van der Waals surface area (Å²) in [5.41, 5.74) is -1.23. The number of benzene rings is 1. The van der Waals surface area contributed by atoms with Gasteiger partial charge in [-0.25, -0.2) is 0 Å². The Morgan fingerprint density at radius 3 is 1.47 bits per heavy atom. The topological polar surface area (TPSA) is 126 Å². The number of fused-ring (bicyclic) bond motifs is 1. The van der Waals surface area contributed by atoms with Crippen LogP contribution in [-0.4, -0.2) is 131 Å². The minimum absolute atomic E-state index is 0.0578. The summed E-state index contributed by atoms with van der Waals surface area (Å²) in [7, 11) is 0. The van der Waals surface area contributed by atoms with Crippen molar-refractivity contribution >= 4 is 29.7 Å². The molecule has 12 nitrogen and oxygen atoms in total. The van der Waals surface area contributed by atoms with Crippen molar-refractivity contribution in [1.29, 1.82) is 0 Å². The summed E-state index contributed by atoms with van der Waals surface area (Å²) in [6.07, 6.45) is 0.718. The second-order valence-electron chi connectivity index (χ2n) is 15.3. The number of hydrogen-bond acceptors (Lipinski definition) is 11. The van der Waals surface area contributed by atoms with Crippen molar-refractivity contribution in [2.75, 3.05) is 58.9 Å². The summed E-state index contributed by atoms with van der Waals surface area (Å²) >= 11 is 0. The molecule has 1 saturated heterocycles. The Bertz CT molecular complexity index is 1220. The van der Waals surface area contributed by atoms with Crippen molar-refractivity contribution in [1.82, 2.24) is 19.6 Å². The van der Waals surface area contributed by atoms with E-state index in [1.807, 2.05) is 77.0 Å². The van der Waals surface area contributed by atoms with Gasteiger partial charge in [0.1, 0.15) is 22.8 Å². The van der Waals surface area contributed by atoms with Gasteiger partial charge in [0.15, 0.2) is 0 Å². The number of rotatable bonds is 10. The Morgan fingerprint density at radius 2 is 1.06 bits per heavy atom. The molecule has 2 aliphatic heterocycles. The van der Waals surface area contributed by atoms with E-state index in [0.717, 1.165) is 0 Å². The number of carbonyl (C=O) groups is 5. The van der Waals surface area contributed by atoms with Gasteiger partial charge in [0, 0.05) is 45.8 Å². The van der Waals surface area contributed by atoms with Gasteiger partial charge in [-0.3, -0.25) is 43.6 Å². The Kier molecular flexibility index (Phi) is 12.7. The molecule has 0 radical (unpaired) electrons. The Balaban J connectivity index is 1.81. The maximum atomic E-state index is 13.7. The fourth-order valence-electron chi connectivity index (χ4n) is 5.60. The molecule has 3 rings (SSSR count). The van der Waals surface area contributed by atoms with Crippen LogP contribution in [0.25, 0.3) is 0 Å². The van der Waals surface area contributed by atoms with Crippen molar-refractivity contribution in [3.8, 4) is 0 Å². The summed E-state index contributed by atoms with van der Waals surface area (Å²) < 4.78 is 17.0. The molecule has 0 aliphatic carbocycles. The summed E-state index contributed by atoms with van der Waals surface area (Å²) in [5, 5.41) is 0. The number of imide groups is 1. The number of carbonyl (C=O) groups excluding carboxylic acids is 5. The third kappa shape index (κ3) is 12.3. The van der Waals surface area contributed by atoms with E-state index in [2.05, 4.69) is 0 Å². The molecular formula is C35H54N4O8. The third-order valence-corrected chi connectivity index (χ3v) is 7.54. The van der Waals surface area contributed by atoms with E-state index in [9.17, 15) is 24.0 Å². The molecule has 2 amide bonds. The van der Waals surface area contributed by atoms with E-state index >= 15 is 0 Å². The monoisotopic (exact) mass is 658 g/mol. The predicted molar refractivity (Wildman–Crippen MR) is 177 cm³/mol. The van der Waals surface area contributed by atoms with Crippen LogP contribution in [0.2, 0.25) is 0 Å². The highest BCUT2D eigenvalue weighted by Gasteiger charge is 2.36. The fraction of sp³-hybridized carbons (Fsp3) is 0.686. The van der Waals surface area contributed by atoms with Crippen LogP contribution in [0.1, 0.15) is 95.9 Å². The molecule has 1 atom stereocenters. The molecule has 1 unspecified atom stereocenters. The quantitative estimate of drug-likeness (QED) is 0.209. The first-order valence-corrected chi connectivity index (χ1v) is 16.5. The molecular weight excluding hydrogens is 604 g/mol. The first kappa shape index (κ1) is 38.1.